The molecule has 0 aliphatic heterocycles. The van der Waals surface area contributed by atoms with Crippen LogP contribution in [0.5, 0.6) is 0 Å². The Hall–Kier alpha value is -0.960. The van der Waals surface area contributed by atoms with Gasteiger partial charge in [0, 0.05) is 11.5 Å². The van der Waals surface area contributed by atoms with Crippen molar-refractivity contribution >= 4 is 27.3 Å². The molecule has 0 atom stereocenters. The van der Waals surface area contributed by atoms with E-state index in [1.165, 1.54) is 0 Å². The van der Waals surface area contributed by atoms with Gasteiger partial charge in [-0.05, 0) is 34.3 Å². The highest BCUT2D eigenvalue weighted by molar-refractivity contribution is 9.10. The fourth-order valence-corrected chi connectivity index (χ4v) is 1.57. The molecule has 0 aliphatic rings. The third-order valence-electron chi connectivity index (χ3n) is 1.52. The van der Waals surface area contributed by atoms with E-state index in [9.17, 15) is 0 Å². The van der Waals surface area contributed by atoms with Gasteiger partial charge in [0.2, 0.25) is 0 Å². The molecule has 12 heavy (non-hydrogen) atoms. The fourth-order valence-electron chi connectivity index (χ4n) is 1.01. The van der Waals surface area contributed by atoms with Crippen LogP contribution < -0.4 is 10.6 Å². The van der Waals surface area contributed by atoms with E-state index in [-0.39, 0.29) is 0 Å². The molecule has 0 unspecified atom stereocenters. The summed E-state index contributed by atoms with van der Waals surface area (Å²) < 4.78 is 1.04. The zero-order chi connectivity index (χ0) is 8.97. The minimum atomic E-state index is 1.02. The molecule has 1 aromatic rings. The van der Waals surface area contributed by atoms with E-state index in [0.29, 0.717) is 0 Å². The molecule has 1 rings (SSSR count). The smallest absolute Gasteiger partial charge is 0.0721 e. The van der Waals surface area contributed by atoms with Gasteiger partial charge in [-0.15, -0.1) is 0 Å². The predicted molar refractivity (Wildman–Crippen MR) is 57.5 cm³/mol. The van der Waals surface area contributed by atoms with Crippen LogP contribution in [0.4, 0.5) is 11.4 Å². The molecule has 0 fully saturated rings. The topological polar surface area (TPSA) is 24.1 Å². The van der Waals surface area contributed by atoms with Gasteiger partial charge >= 0.3 is 0 Å². The van der Waals surface area contributed by atoms with E-state index in [4.69, 9.17) is 0 Å². The van der Waals surface area contributed by atoms with Crippen LogP contribution in [0.2, 0.25) is 0 Å². The lowest BCUT2D eigenvalue weighted by atomic mass is 10.2. The molecule has 0 radical (unpaired) electrons. The second-order valence-corrected chi connectivity index (χ2v) is 3.12. The normalized spacial score (nSPS) is 9.17. The number of para-hydroxylation sites is 1. The number of hydrogen-bond donors (Lipinski definition) is 2. The summed E-state index contributed by atoms with van der Waals surface area (Å²) in [7, 11) is 1.88. The van der Waals surface area contributed by atoms with Gasteiger partial charge in [0.25, 0.3) is 0 Å². The molecular formula is C9H11BrN2. The monoisotopic (exact) mass is 226 g/mol. The molecule has 0 heterocycles. The van der Waals surface area contributed by atoms with Gasteiger partial charge in [0.1, 0.15) is 0 Å². The zero-order valence-electron chi connectivity index (χ0n) is 6.89. The second kappa shape index (κ2) is 4.16. The van der Waals surface area contributed by atoms with Crippen molar-refractivity contribution in [1.82, 2.24) is 0 Å². The largest absolute Gasteiger partial charge is 0.386 e. The van der Waals surface area contributed by atoms with Crippen molar-refractivity contribution in [3.63, 3.8) is 0 Å². The van der Waals surface area contributed by atoms with Gasteiger partial charge in [-0.2, -0.15) is 0 Å². The summed E-state index contributed by atoms with van der Waals surface area (Å²) in [6, 6.07) is 5.94. The van der Waals surface area contributed by atoms with Gasteiger partial charge < -0.3 is 10.6 Å². The molecule has 0 aromatic heterocycles. The first-order valence-corrected chi connectivity index (χ1v) is 4.42. The van der Waals surface area contributed by atoms with Crippen LogP contribution >= 0.6 is 15.9 Å². The Labute approximate surface area is 80.8 Å². The Kier molecular flexibility index (Phi) is 3.17. The Morgan fingerprint density at radius 2 is 2.25 bits per heavy atom. The van der Waals surface area contributed by atoms with Gasteiger partial charge in [0.05, 0.1) is 11.4 Å². The first-order chi connectivity index (χ1) is 5.79. The summed E-state index contributed by atoms with van der Waals surface area (Å²) in [4.78, 5) is 0. The molecule has 1 aromatic carbocycles. The molecule has 3 heteroatoms. The van der Waals surface area contributed by atoms with Crippen molar-refractivity contribution in [2.75, 3.05) is 17.7 Å². The number of anilines is 2. The standard InChI is InChI=1S/C9H11BrN2/c1-3-12-8-6-4-5-7(10)9(8)11-2/h3-6,11-12H,1H2,2H3. The van der Waals surface area contributed by atoms with Gasteiger partial charge in [0.15, 0.2) is 0 Å². The quantitative estimate of drug-likeness (QED) is 0.829. The van der Waals surface area contributed by atoms with Crippen molar-refractivity contribution in [3.8, 4) is 0 Å². The molecule has 2 nitrogen and oxygen atoms in total. The lowest BCUT2D eigenvalue weighted by Gasteiger charge is -2.09. The first kappa shape index (κ1) is 9.13. The van der Waals surface area contributed by atoms with Gasteiger partial charge in [-0.25, -0.2) is 0 Å². The first-order valence-electron chi connectivity index (χ1n) is 3.63. The molecule has 0 aliphatic carbocycles. The third kappa shape index (κ3) is 1.80. The Morgan fingerprint density at radius 3 is 2.83 bits per heavy atom. The average Bonchev–Trinajstić information content (AvgIpc) is 2.05. The van der Waals surface area contributed by atoms with E-state index in [1.54, 1.807) is 6.20 Å². The number of halogens is 1. The summed E-state index contributed by atoms with van der Waals surface area (Å²) in [5.74, 6) is 0. The van der Waals surface area contributed by atoms with Crippen molar-refractivity contribution in [2.45, 2.75) is 0 Å². The highest BCUT2D eigenvalue weighted by Crippen LogP contribution is 2.29. The third-order valence-corrected chi connectivity index (χ3v) is 2.18. The van der Waals surface area contributed by atoms with Crippen LogP contribution in [0.15, 0.2) is 35.5 Å². The van der Waals surface area contributed by atoms with Crippen molar-refractivity contribution in [2.24, 2.45) is 0 Å². The van der Waals surface area contributed by atoms with Crippen LogP contribution in [-0.2, 0) is 0 Å². The van der Waals surface area contributed by atoms with E-state index >= 15 is 0 Å². The van der Waals surface area contributed by atoms with E-state index in [2.05, 4.69) is 33.1 Å². The number of benzene rings is 1. The summed E-state index contributed by atoms with van der Waals surface area (Å²) >= 11 is 3.44. The van der Waals surface area contributed by atoms with E-state index < -0.39 is 0 Å². The van der Waals surface area contributed by atoms with Crippen molar-refractivity contribution < 1.29 is 0 Å². The lowest BCUT2D eigenvalue weighted by Crippen LogP contribution is -1.95. The summed E-state index contributed by atoms with van der Waals surface area (Å²) in [5.41, 5.74) is 2.05. The molecule has 0 spiro atoms. The van der Waals surface area contributed by atoms with Crippen LogP contribution in [-0.4, -0.2) is 7.05 Å². The lowest BCUT2D eigenvalue weighted by molar-refractivity contribution is 1.46. The SMILES string of the molecule is C=CNc1cccc(Br)c1NC. The Morgan fingerprint density at radius 1 is 1.50 bits per heavy atom. The second-order valence-electron chi connectivity index (χ2n) is 2.26. The maximum atomic E-state index is 3.61. The fraction of sp³-hybridized carbons (Fsp3) is 0.111. The summed E-state index contributed by atoms with van der Waals surface area (Å²) in [6.07, 6.45) is 1.66. The van der Waals surface area contributed by atoms with Gasteiger partial charge in [-0.1, -0.05) is 12.6 Å². The molecule has 64 valence electrons. The Balaban J connectivity index is 3.08. The average molecular weight is 227 g/mol. The van der Waals surface area contributed by atoms with Gasteiger partial charge in [-0.3, -0.25) is 0 Å². The number of hydrogen-bond acceptors (Lipinski definition) is 2. The van der Waals surface area contributed by atoms with Crippen molar-refractivity contribution in [1.29, 1.82) is 0 Å². The highest BCUT2D eigenvalue weighted by Gasteiger charge is 2.01. The van der Waals surface area contributed by atoms with Crippen LogP contribution in [0, 0.1) is 0 Å². The van der Waals surface area contributed by atoms with E-state index in [0.717, 1.165) is 15.8 Å². The summed E-state index contributed by atoms with van der Waals surface area (Å²) in [6.45, 7) is 3.61. The molecule has 0 saturated carbocycles. The maximum Gasteiger partial charge on any atom is 0.0721 e. The van der Waals surface area contributed by atoms with Crippen LogP contribution in [0.1, 0.15) is 0 Å². The molecule has 0 amide bonds. The minimum Gasteiger partial charge on any atom is -0.386 e. The molecular weight excluding hydrogens is 216 g/mol. The zero-order valence-corrected chi connectivity index (χ0v) is 8.48. The number of rotatable bonds is 3. The van der Waals surface area contributed by atoms with Crippen LogP contribution in [0.25, 0.3) is 0 Å². The molecule has 2 N–H and O–H groups in total. The molecule has 0 bridgehead atoms. The van der Waals surface area contributed by atoms with Crippen LogP contribution in [0.3, 0.4) is 0 Å². The minimum absolute atomic E-state index is 1.02. The summed E-state index contributed by atoms with van der Waals surface area (Å²) in [5, 5.41) is 6.13. The predicted octanol–water partition coefficient (Wildman–Crippen LogP) is 3.05. The molecule has 0 saturated heterocycles. The van der Waals surface area contributed by atoms with E-state index in [1.807, 2.05) is 25.2 Å². The number of nitrogens with one attached hydrogen (secondary N) is 2. The highest BCUT2D eigenvalue weighted by atomic mass is 79.9. The maximum absolute atomic E-state index is 3.61. The van der Waals surface area contributed by atoms with Crippen molar-refractivity contribution in [3.05, 3.63) is 35.5 Å². The Bertz CT molecular complexity index is 284.